The molecule has 1 rings (SSSR count). The first-order valence-corrected chi connectivity index (χ1v) is 5.96. The molecule has 94 valence electrons. The van der Waals surface area contributed by atoms with Crippen LogP contribution in [0.25, 0.3) is 0 Å². The lowest BCUT2D eigenvalue weighted by atomic mass is 9.95. The third-order valence-corrected chi connectivity index (χ3v) is 2.95. The number of hydrogen-bond donors (Lipinski definition) is 1. The molecule has 4 nitrogen and oxygen atoms in total. The van der Waals surface area contributed by atoms with Gasteiger partial charge in [0.25, 0.3) is 0 Å². The summed E-state index contributed by atoms with van der Waals surface area (Å²) in [7, 11) is 0. The maximum atomic E-state index is 12.2. The summed E-state index contributed by atoms with van der Waals surface area (Å²) in [6, 6.07) is -0.353. The SMILES string of the molecule is CC#CCCN1C(=O)C(C)(C)NC(=O)C1CC. The van der Waals surface area contributed by atoms with E-state index in [4.69, 9.17) is 0 Å². The van der Waals surface area contributed by atoms with E-state index < -0.39 is 5.54 Å². The van der Waals surface area contributed by atoms with Crippen molar-refractivity contribution in [1.29, 1.82) is 0 Å². The molecular formula is C13H20N2O2. The minimum Gasteiger partial charge on any atom is -0.340 e. The van der Waals surface area contributed by atoms with Gasteiger partial charge in [-0.25, -0.2) is 0 Å². The number of piperazine rings is 1. The summed E-state index contributed by atoms with van der Waals surface area (Å²) in [4.78, 5) is 25.8. The lowest BCUT2D eigenvalue weighted by Crippen LogP contribution is -2.68. The molecule has 0 aromatic rings. The molecule has 0 aromatic heterocycles. The van der Waals surface area contributed by atoms with Crippen molar-refractivity contribution >= 4 is 11.8 Å². The number of nitrogens with zero attached hydrogens (tertiary/aromatic N) is 1. The zero-order valence-electron chi connectivity index (χ0n) is 11.0. The average molecular weight is 236 g/mol. The van der Waals surface area contributed by atoms with E-state index in [1.165, 1.54) is 0 Å². The van der Waals surface area contributed by atoms with E-state index in [0.29, 0.717) is 19.4 Å². The van der Waals surface area contributed by atoms with Crippen LogP contribution in [0.1, 0.15) is 40.5 Å². The largest absolute Gasteiger partial charge is 0.340 e. The van der Waals surface area contributed by atoms with Crippen molar-refractivity contribution in [3.05, 3.63) is 0 Å². The van der Waals surface area contributed by atoms with Gasteiger partial charge in [0.05, 0.1) is 0 Å². The Bertz CT molecular complexity index is 377. The molecule has 0 spiro atoms. The third-order valence-electron chi connectivity index (χ3n) is 2.95. The Balaban J connectivity index is 2.87. The Hall–Kier alpha value is -1.50. The minimum atomic E-state index is -0.803. The molecule has 0 aromatic carbocycles. The van der Waals surface area contributed by atoms with Gasteiger partial charge in [-0.3, -0.25) is 9.59 Å². The summed E-state index contributed by atoms with van der Waals surface area (Å²) in [5.41, 5.74) is -0.803. The molecule has 0 aliphatic carbocycles. The molecule has 1 heterocycles. The van der Waals surface area contributed by atoms with Gasteiger partial charge in [0.2, 0.25) is 11.8 Å². The Kier molecular flexibility index (Phi) is 4.17. The summed E-state index contributed by atoms with van der Waals surface area (Å²) in [6.07, 6.45) is 1.25. The third kappa shape index (κ3) is 2.79. The van der Waals surface area contributed by atoms with Crippen molar-refractivity contribution in [3.63, 3.8) is 0 Å². The standard InChI is InChI=1S/C13H20N2O2/c1-5-7-8-9-15-10(6-2)11(16)14-13(3,4)12(15)17/h10H,6,8-9H2,1-4H3,(H,14,16). The molecule has 17 heavy (non-hydrogen) atoms. The van der Waals surface area contributed by atoms with Gasteiger partial charge < -0.3 is 10.2 Å². The molecular weight excluding hydrogens is 216 g/mol. The van der Waals surface area contributed by atoms with Crippen LogP contribution in [-0.2, 0) is 9.59 Å². The van der Waals surface area contributed by atoms with E-state index in [1.54, 1.807) is 25.7 Å². The Morgan fingerprint density at radius 1 is 1.41 bits per heavy atom. The van der Waals surface area contributed by atoms with Gasteiger partial charge >= 0.3 is 0 Å². The van der Waals surface area contributed by atoms with Crippen molar-refractivity contribution in [2.45, 2.75) is 52.1 Å². The first-order valence-electron chi connectivity index (χ1n) is 5.96. The Morgan fingerprint density at radius 3 is 2.59 bits per heavy atom. The van der Waals surface area contributed by atoms with Crippen molar-refractivity contribution < 1.29 is 9.59 Å². The van der Waals surface area contributed by atoms with Crippen LogP contribution in [0.2, 0.25) is 0 Å². The van der Waals surface area contributed by atoms with Crippen LogP contribution in [0, 0.1) is 11.8 Å². The quantitative estimate of drug-likeness (QED) is 0.741. The Morgan fingerprint density at radius 2 is 2.06 bits per heavy atom. The molecule has 1 fully saturated rings. The zero-order valence-corrected chi connectivity index (χ0v) is 11.0. The van der Waals surface area contributed by atoms with Crippen LogP contribution >= 0.6 is 0 Å². The van der Waals surface area contributed by atoms with E-state index in [1.807, 2.05) is 6.92 Å². The van der Waals surface area contributed by atoms with E-state index in [2.05, 4.69) is 17.2 Å². The fraction of sp³-hybridized carbons (Fsp3) is 0.692. The minimum absolute atomic E-state index is 0.0261. The molecule has 1 N–H and O–H groups in total. The highest BCUT2D eigenvalue weighted by atomic mass is 16.2. The van der Waals surface area contributed by atoms with Crippen LogP contribution in [-0.4, -0.2) is 34.8 Å². The zero-order chi connectivity index (χ0) is 13.1. The van der Waals surface area contributed by atoms with Crippen LogP contribution in [0.5, 0.6) is 0 Å². The topological polar surface area (TPSA) is 49.4 Å². The van der Waals surface area contributed by atoms with E-state index >= 15 is 0 Å². The van der Waals surface area contributed by atoms with Gasteiger partial charge in [0, 0.05) is 13.0 Å². The first-order chi connectivity index (χ1) is 7.94. The molecule has 1 atom stereocenters. The van der Waals surface area contributed by atoms with E-state index in [9.17, 15) is 9.59 Å². The maximum absolute atomic E-state index is 12.2. The van der Waals surface area contributed by atoms with Crippen molar-refractivity contribution in [2.24, 2.45) is 0 Å². The number of rotatable bonds is 3. The van der Waals surface area contributed by atoms with Gasteiger partial charge in [-0.2, -0.15) is 0 Å². The second kappa shape index (κ2) is 5.22. The number of carbonyl (C=O) groups is 2. The fourth-order valence-corrected chi connectivity index (χ4v) is 2.05. The summed E-state index contributed by atoms with van der Waals surface area (Å²) in [6.45, 7) is 7.67. The van der Waals surface area contributed by atoms with Crippen molar-refractivity contribution in [3.8, 4) is 11.8 Å². The normalized spacial score (nSPS) is 22.8. The average Bonchev–Trinajstić information content (AvgIpc) is 2.25. The monoisotopic (exact) mass is 236 g/mol. The summed E-state index contributed by atoms with van der Waals surface area (Å²) in [5.74, 6) is 5.63. The summed E-state index contributed by atoms with van der Waals surface area (Å²) in [5, 5.41) is 2.76. The summed E-state index contributed by atoms with van der Waals surface area (Å²) >= 11 is 0. The molecule has 1 unspecified atom stereocenters. The maximum Gasteiger partial charge on any atom is 0.248 e. The van der Waals surface area contributed by atoms with Crippen LogP contribution < -0.4 is 5.32 Å². The van der Waals surface area contributed by atoms with Crippen LogP contribution in [0.15, 0.2) is 0 Å². The summed E-state index contributed by atoms with van der Waals surface area (Å²) < 4.78 is 0. The van der Waals surface area contributed by atoms with Crippen molar-refractivity contribution in [1.82, 2.24) is 10.2 Å². The predicted octanol–water partition coefficient (Wildman–Crippen LogP) is 0.915. The second-order valence-electron chi connectivity index (χ2n) is 4.71. The molecule has 0 radical (unpaired) electrons. The lowest BCUT2D eigenvalue weighted by molar-refractivity contribution is -0.153. The number of carbonyl (C=O) groups excluding carboxylic acids is 2. The smallest absolute Gasteiger partial charge is 0.248 e. The number of hydrogen-bond acceptors (Lipinski definition) is 2. The second-order valence-corrected chi connectivity index (χ2v) is 4.71. The van der Waals surface area contributed by atoms with Crippen molar-refractivity contribution in [2.75, 3.05) is 6.54 Å². The lowest BCUT2D eigenvalue weighted by Gasteiger charge is -2.42. The fourth-order valence-electron chi connectivity index (χ4n) is 2.05. The molecule has 0 saturated carbocycles. The van der Waals surface area contributed by atoms with Gasteiger partial charge in [0.15, 0.2) is 0 Å². The van der Waals surface area contributed by atoms with E-state index in [-0.39, 0.29) is 17.9 Å². The highest BCUT2D eigenvalue weighted by molar-refractivity contribution is 5.99. The van der Waals surface area contributed by atoms with Gasteiger partial charge in [-0.15, -0.1) is 11.8 Å². The molecule has 1 aliphatic rings. The first kappa shape index (κ1) is 13.6. The van der Waals surface area contributed by atoms with Crippen LogP contribution in [0.3, 0.4) is 0 Å². The molecule has 0 bridgehead atoms. The van der Waals surface area contributed by atoms with E-state index in [0.717, 1.165) is 0 Å². The number of nitrogens with one attached hydrogen (secondary N) is 1. The Labute approximate surface area is 103 Å². The predicted molar refractivity (Wildman–Crippen MR) is 66.1 cm³/mol. The van der Waals surface area contributed by atoms with Crippen LogP contribution in [0.4, 0.5) is 0 Å². The van der Waals surface area contributed by atoms with Gasteiger partial charge in [-0.1, -0.05) is 6.92 Å². The molecule has 1 aliphatic heterocycles. The highest BCUT2D eigenvalue weighted by Gasteiger charge is 2.43. The number of amides is 2. The molecule has 1 saturated heterocycles. The molecule has 2 amide bonds. The van der Waals surface area contributed by atoms with Gasteiger partial charge in [-0.05, 0) is 27.2 Å². The van der Waals surface area contributed by atoms with Gasteiger partial charge in [0.1, 0.15) is 11.6 Å². The molecule has 4 heteroatoms. The highest BCUT2D eigenvalue weighted by Crippen LogP contribution is 2.19.